The molecule has 4 rings (SSSR count). The maximum Gasteiger partial charge on any atom is 0.251 e. The molecule has 3 aromatic rings. The lowest BCUT2D eigenvalue weighted by molar-refractivity contribution is 0.0938. The van der Waals surface area contributed by atoms with Crippen LogP contribution in [0.4, 0.5) is 0 Å². The lowest BCUT2D eigenvalue weighted by Gasteiger charge is -2.11. The van der Waals surface area contributed by atoms with Crippen molar-refractivity contribution in [2.45, 2.75) is 37.2 Å². The highest BCUT2D eigenvalue weighted by molar-refractivity contribution is 7.89. The Bertz CT molecular complexity index is 1180. The van der Waals surface area contributed by atoms with Crippen LogP contribution in [-0.2, 0) is 29.4 Å². The van der Waals surface area contributed by atoms with Gasteiger partial charge in [0.1, 0.15) is 0 Å². The van der Waals surface area contributed by atoms with E-state index in [1.807, 2.05) is 43.3 Å². The molecule has 1 aliphatic rings. The first kappa shape index (κ1) is 20.3. The molecule has 30 heavy (non-hydrogen) atoms. The fourth-order valence-corrected chi connectivity index (χ4v) is 4.71. The Labute approximate surface area is 176 Å². The maximum atomic E-state index is 12.8. The van der Waals surface area contributed by atoms with Gasteiger partial charge in [0.2, 0.25) is 10.0 Å². The number of sulfonamides is 1. The van der Waals surface area contributed by atoms with Gasteiger partial charge in [0.15, 0.2) is 0 Å². The summed E-state index contributed by atoms with van der Waals surface area (Å²) >= 11 is 0. The first-order valence-corrected chi connectivity index (χ1v) is 11.3. The second kappa shape index (κ2) is 8.38. The van der Waals surface area contributed by atoms with Crippen LogP contribution >= 0.6 is 0 Å². The van der Waals surface area contributed by atoms with Crippen molar-refractivity contribution in [1.82, 2.24) is 15.0 Å². The zero-order valence-electron chi connectivity index (χ0n) is 16.6. The monoisotopic (exact) mass is 421 g/mol. The van der Waals surface area contributed by atoms with Crippen LogP contribution in [0.2, 0.25) is 0 Å². The average Bonchev–Trinajstić information content (AvgIpc) is 3.15. The van der Waals surface area contributed by atoms with Crippen molar-refractivity contribution in [3.63, 3.8) is 0 Å². The molecule has 0 saturated heterocycles. The molecule has 0 bridgehead atoms. The molecule has 6 nitrogen and oxygen atoms in total. The molecule has 0 aliphatic heterocycles. The molecule has 0 radical (unpaired) electrons. The zero-order valence-corrected chi connectivity index (χ0v) is 17.4. The molecule has 2 aromatic carbocycles. The first-order valence-electron chi connectivity index (χ1n) is 9.80. The van der Waals surface area contributed by atoms with E-state index >= 15 is 0 Å². The minimum Gasteiger partial charge on any atom is -0.349 e. The third kappa shape index (κ3) is 4.42. The number of aryl methyl sites for hydroxylation is 1. The maximum absolute atomic E-state index is 12.8. The Morgan fingerprint density at radius 1 is 1.03 bits per heavy atom. The van der Waals surface area contributed by atoms with Crippen LogP contribution in [0.1, 0.15) is 32.7 Å². The number of aromatic nitrogens is 1. The van der Waals surface area contributed by atoms with E-state index in [0.29, 0.717) is 24.1 Å². The molecular weight excluding hydrogens is 398 g/mol. The van der Waals surface area contributed by atoms with Crippen LogP contribution in [-0.4, -0.2) is 25.4 Å². The molecule has 154 valence electrons. The predicted molar refractivity (Wildman–Crippen MR) is 115 cm³/mol. The Kier molecular flexibility index (Phi) is 5.65. The van der Waals surface area contributed by atoms with Crippen LogP contribution in [0.25, 0.3) is 0 Å². The van der Waals surface area contributed by atoms with Crippen molar-refractivity contribution in [2.24, 2.45) is 0 Å². The highest BCUT2D eigenvalue weighted by Crippen LogP contribution is 2.25. The Morgan fingerprint density at radius 2 is 1.80 bits per heavy atom. The van der Waals surface area contributed by atoms with Gasteiger partial charge in [-0.05, 0) is 66.8 Å². The van der Waals surface area contributed by atoms with Crippen LogP contribution in [0.5, 0.6) is 0 Å². The fraction of sp³-hybridized carbons (Fsp3) is 0.217. The molecule has 0 fully saturated rings. The van der Waals surface area contributed by atoms with Gasteiger partial charge >= 0.3 is 0 Å². The van der Waals surface area contributed by atoms with E-state index in [-0.39, 0.29) is 23.4 Å². The number of carbonyl (C=O) groups is 1. The van der Waals surface area contributed by atoms with E-state index in [4.69, 9.17) is 0 Å². The van der Waals surface area contributed by atoms with Crippen molar-refractivity contribution >= 4 is 15.9 Å². The number of benzene rings is 2. The molecule has 0 saturated carbocycles. The van der Waals surface area contributed by atoms with E-state index in [1.165, 1.54) is 0 Å². The van der Waals surface area contributed by atoms with E-state index < -0.39 is 10.0 Å². The molecule has 1 amide bonds. The first-order chi connectivity index (χ1) is 14.4. The molecule has 2 N–H and O–H groups in total. The number of rotatable bonds is 6. The number of nitrogens with one attached hydrogen (secondary N) is 2. The van der Waals surface area contributed by atoms with Gasteiger partial charge in [-0.2, -0.15) is 0 Å². The molecule has 1 unspecified atom stereocenters. The SMILES string of the molecule is Cc1cccnc1CNS(=O)(=O)c1ccc2c(c1)CC(NC(=O)c1ccccc1)C2. The number of fused-ring (bicyclic) bond motifs is 1. The van der Waals surface area contributed by atoms with Crippen LogP contribution in [0.15, 0.2) is 71.8 Å². The minimum absolute atomic E-state index is 0.0465. The highest BCUT2D eigenvalue weighted by atomic mass is 32.2. The quantitative estimate of drug-likeness (QED) is 0.641. The number of amides is 1. The average molecular weight is 422 g/mol. The van der Waals surface area contributed by atoms with Crippen molar-refractivity contribution in [3.8, 4) is 0 Å². The lowest BCUT2D eigenvalue weighted by atomic mass is 10.1. The molecule has 1 aromatic heterocycles. The highest BCUT2D eigenvalue weighted by Gasteiger charge is 2.25. The van der Waals surface area contributed by atoms with Crippen LogP contribution < -0.4 is 10.0 Å². The number of nitrogens with zero attached hydrogens (tertiary/aromatic N) is 1. The summed E-state index contributed by atoms with van der Waals surface area (Å²) in [6.07, 6.45) is 2.95. The van der Waals surface area contributed by atoms with Gasteiger partial charge in [0.25, 0.3) is 5.91 Å². The second-order valence-electron chi connectivity index (χ2n) is 7.47. The number of carbonyl (C=O) groups excluding carboxylic acids is 1. The van der Waals surface area contributed by atoms with Gasteiger partial charge in [0.05, 0.1) is 17.1 Å². The van der Waals surface area contributed by atoms with E-state index in [1.54, 1.807) is 30.5 Å². The summed E-state index contributed by atoms with van der Waals surface area (Å²) in [4.78, 5) is 16.9. The van der Waals surface area contributed by atoms with Crippen molar-refractivity contribution in [2.75, 3.05) is 0 Å². The molecule has 1 aliphatic carbocycles. The summed E-state index contributed by atoms with van der Waals surface area (Å²) in [5.74, 6) is -0.117. The topological polar surface area (TPSA) is 88.2 Å². The molecule has 7 heteroatoms. The Morgan fingerprint density at radius 3 is 2.57 bits per heavy atom. The smallest absolute Gasteiger partial charge is 0.251 e. The standard InChI is InChI=1S/C23H23N3O3S/c1-16-6-5-11-24-22(16)15-25-30(28,29)21-10-9-18-12-20(13-19(18)14-21)26-23(27)17-7-3-2-4-8-17/h2-11,14,20,25H,12-13,15H2,1H3,(H,26,27). The summed E-state index contributed by atoms with van der Waals surface area (Å²) in [7, 11) is -3.66. The van der Waals surface area contributed by atoms with E-state index in [2.05, 4.69) is 15.0 Å². The van der Waals surface area contributed by atoms with Gasteiger partial charge in [0, 0.05) is 17.8 Å². The minimum atomic E-state index is -3.66. The predicted octanol–water partition coefficient (Wildman–Crippen LogP) is 2.77. The summed E-state index contributed by atoms with van der Waals surface area (Å²) in [5, 5.41) is 3.04. The fourth-order valence-electron chi connectivity index (χ4n) is 3.67. The third-order valence-corrected chi connectivity index (χ3v) is 6.74. The molecule has 1 heterocycles. The van der Waals surface area contributed by atoms with Crippen molar-refractivity contribution < 1.29 is 13.2 Å². The lowest BCUT2D eigenvalue weighted by Crippen LogP contribution is -2.35. The van der Waals surface area contributed by atoms with Crippen LogP contribution in [0.3, 0.4) is 0 Å². The third-order valence-electron chi connectivity index (χ3n) is 5.34. The summed E-state index contributed by atoms with van der Waals surface area (Å²) < 4.78 is 28.1. The molecule has 1 atom stereocenters. The van der Waals surface area contributed by atoms with Crippen molar-refractivity contribution in [3.05, 3.63) is 94.8 Å². The van der Waals surface area contributed by atoms with Gasteiger partial charge in [-0.15, -0.1) is 0 Å². The van der Waals surface area contributed by atoms with Gasteiger partial charge in [-0.1, -0.05) is 30.3 Å². The van der Waals surface area contributed by atoms with Crippen LogP contribution in [0, 0.1) is 6.92 Å². The summed E-state index contributed by atoms with van der Waals surface area (Å²) in [6, 6.07) is 17.9. The van der Waals surface area contributed by atoms with Gasteiger partial charge in [-0.25, -0.2) is 13.1 Å². The van der Waals surface area contributed by atoms with Gasteiger partial charge in [-0.3, -0.25) is 9.78 Å². The van der Waals surface area contributed by atoms with E-state index in [0.717, 1.165) is 16.7 Å². The number of hydrogen-bond donors (Lipinski definition) is 2. The Balaban J connectivity index is 1.43. The number of pyridine rings is 1. The summed E-state index contributed by atoms with van der Waals surface area (Å²) in [6.45, 7) is 2.04. The second-order valence-corrected chi connectivity index (χ2v) is 9.23. The molecular formula is C23H23N3O3S. The largest absolute Gasteiger partial charge is 0.349 e. The van der Waals surface area contributed by atoms with E-state index in [9.17, 15) is 13.2 Å². The summed E-state index contributed by atoms with van der Waals surface area (Å²) in [5.41, 5.74) is 4.26. The molecule has 0 spiro atoms. The zero-order chi connectivity index (χ0) is 21.1. The number of hydrogen-bond acceptors (Lipinski definition) is 4. The normalized spacial score (nSPS) is 15.6. The van der Waals surface area contributed by atoms with Crippen molar-refractivity contribution in [1.29, 1.82) is 0 Å². The van der Waals surface area contributed by atoms with Gasteiger partial charge < -0.3 is 5.32 Å². The Hall–Kier alpha value is -3.03.